The van der Waals surface area contributed by atoms with Gasteiger partial charge in [-0.2, -0.15) is 0 Å². The van der Waals surface area contributed by atoms with Crippen LogP contribution in [0, 0.1) is 0 Å². The number of benzene rings is 1. The van der Waals surface area contributed by atoms with Gasteiger partial charge in [-0.1, -0.05) is 18.2 Å². The molecule has 1 aromatic carbocycles. The van der Waals surface area contributed by atoms with E-state index in [0.717, 1.165) is 36.4 Å². The summed E-state index contributed by atoms with van der Waals surface area (Å²) in [5, 5.41) is 14.4. The number of hydrogen-bond donors (Lipinski definition) is 2. The zero-order valence-electron chi connectivity index (χ0n) is 11.7. The van der Waals surface area contributed by atoms with E-state index in [0.29, 0.717) is 13.1 Å². The Morgan fingerprint density at radius 3 is 2.85 bits per heavy atom. The molecule has 0 radical (unpaired) electrons. The van der Waals surface area contributed by atoms with Crippen molar-refractivity contribution in [2.45, 2.75) is 25.5 Å². The fraction of sp³-hybridized carbons (Fsp3) is 0.500. The average Bonchev–Trinajstić information content (AvgIpc) is 3.07. The second kappa shape index (κ2) is 6.39. The molecule has 1 saturated heterocycles. The second-order valence-corrected chi connectivity index (χ2v) is 5.54. The fourth-order valence-electron chi connectivity index (χ4n) is 2.81. The van der Waals surface area contributed by atoms with Crippen LogP contribution >= 0.6 is 0 Å². The fourth-order valence-corrected chi connectivity index (χ4v) is 2.81. The highest BCUT2D eigenvalue weighted by atomic mass is 16.3. The van der Waals surface area contributed by atoms with Crippen molar-refractivity contribution in [1.82, 2.24) is 10.2 Å². The molecule has 1 unspecified atom stereocenters. The molecule has 1 aliphatic rings. The van der Waals surface area contributed by atoms with Crippen molar-refractivity contribution < 1.29 is 9.52 Å². The summed E-state index contributed by atoms with van der Waals surface area (Å²) < 4.78 is 5.73. The highest BCUT2D eigenvalue weighted by molar-refractivity contribution is 5.77. The monoisotopic (exact) mass is 274 g/mol. The van der Waals surface area contributed by atoms with Gasteiger partial charge in [-0.05, 0) is 38.1 Å². The van der Waals surface area contributed by atoms with Crippen LogP contribution in [0.25, 0.3) is 11.0 Å². The summed E-state index contributed by atoms with van der Waals surface area (Å²) in [4.78, 5) is 2.33. The lowest BCUT2D eigenvalue weighted by atomic mass is 10.2. The summed E-state index contributed by atoms with van der Waals surface area (Å²) in [7, 11) is 0. The van der Waals surface area contributed by atoms with Gasteiger partial charge in [0.15, 0.2) is 0 Å². The molecule has 0 saturated carbocycles. The van der Waals surface area contributed by atoms with E-state index in [1.54, 1.807) is 0 Å². The SMILES string of the molecule is OC(CNCc1cc2ccccc2o1)CN1CCCC1. The van der Waals surface area contributed by atoms with Crippen LogP contribution in [0.5, 0.6) is 0 Å². The largest absolute Gasteiger partial charge is 0.460 e. The minimum Gasteiger partial charge on any atom is -0.460 e. The smallest absolute Gasteiger partial charge is 0.134 e. The standard InChI is InChI=1S/C16H22N2O2/c19-14(12-18-7-3-4-8-18)10-17-11-15-9-13-5-1-2-6-16(13)20-15/h1-2,5-6,9,14,17,19H,3-4,7-8,10-12H2. The summed E-state index contributed by atoms with van der Waals surface area (Å²) in [6.45, 7) is 4.29. The molecular formula is C16H22N2O2. The maximum Gasteiger partial charge on any atom is 0.134 e. The molecule has 4 nitrogen and oxygen atoms in total. The van der Waals surface area contributed by atoms with Crippen LogP contribution in [0.1, 0.15) is 18.6 Å². The first-order valence-corrected chi connectivity index (χ1v) is 7.40. The van der Waals surface area contributed by atoms with E-state index >= 15 is 0 Å². The summed E-state index contributed by atoms with van der Waals surface area (Å²) in [6.07, 6.45) is 2.22. The second-order valence-electron chi connectivity index (χ2n) is 5.54. The molecule has 0 amide bonds. The normalized spacial score (nSPS) is 17.9. The Balaban J connectivity index is 1.44. The molecule has 0 aliphatic carbocycles. The van der Waals surface area contributed by atoms with Crippen LogP contribution in [0.4, 0.5) is 0 Å². The third-order valence-electron chi connectivity index (χ3n) is 3.82. The topological polar surface area (TPSA) is 48.6 Å². The van der Waals surface area contributed by atoms with Gasteiger partial charge < -0.3 is 19.7 Å². The molecule has 1 aliphatic heterocycles. The Morgan fingerprint density at radius 2 is 2.05 bits per heavy atom. The van der Waals surface area contributed by atoms with Gasteiger partial charge in [0.1, 0.15) is 11.3 Å². The lowest BCUT2D eigenvalue weighted by molar-refractivity contribution is 0.123. The first-order valence-electron chi connectivity index (χ1n) is 7.40. The molecule has 2 heterocycles. The van der Waals surface area contributed by atoms with Crippen molar-refractivity contribution in [1.29, 1.82) is 0 Å². The quantitative estimate of drug-likeness (QED) is 0.845. The maximum atomic E-state index is 9.99. The maximum absolute atomic E-state index is 9.99. The molecule has 2 aromatic rings. The molecule has 3 rings (SSSR count). The Bertz CT molecular complexity index is 513. The number of rotatable bonds is 6. The lowest BCUT2D eigenvalue weighted by Gasteiger charge is -2.19. The average molecular weight is 274 g/mol. The number of nitrogens with zero attached hydrogens (tertiary/aromatic N) is 1. The van der Waals surface area contributed by atoms with Crippen LogP contribution in [0.15, 0.2) is 34.7 Å². The number of furan rings is 1. The minimum absolute atomic E-state index is 0.308. The molecule has 2 N–H and O–H groups in total. The van der Waals surface area contributed by atoms with Crippen molar-refractivity contribution in [3.8, 4) is 0 Å². The Labute approximate surface area is 119 Å². The van der Waals surface area contributed by atoms with E-state index in [4.69, 9.17) is 4.42 Å². The number of aliphatic hydroxyl groups excluding tert-OH is 1. The van der Waals surface area contributed by atoms with Gasteiger partial charge >= 0.3 is 0 Å². The van der Waals surface area contributed by atoms with E-state index in [1.165, 1.54) is 12.8 Å². The van der Waals surface area contributed by atoms with Gasteiger partial charge in [0.05, 0.1) is 12.6 Å². The van der Waals surface area contributed by atoms with Gasteiger partial charge in [-0.25, -0.2) is 0 Å². The molecule has 1 atom stereocenters. The Kier molecular flexibility index (Phi) is 4.35. The molecular weight excluding hydrogens is 252 g/mol. The highest BCUT2D eigenvalue weighted by Gasteiger charge is 2.15. The van der Waals surface area contributed by atoms with E-state index in [-0.39, 0.29) is 6.10 Å². The van der Waals surface area contributed by atoms with Crippen molar-refractivity contribution in [2.75, 3.05) is 26.2 Å². The summed E-state index contributed by atoms with van der Waals surface area (Å²) in [5.74, 6) is 0.916. The van der Waals surface area contributed by atoms with Crippen molar-refractivity contribution in [2.24, 2.45) is 0 Å². The summed E-state index contributed by atoms with van der Waals surface area (Å²) in [6, 6.07) is 10.1. The van der Waals surface area contributed by atoms with E-state index in [1.807, 2.05) is 24.3 Å². The molecule has 1 aromatic heterocycles. The number of likely N-dealkylation sites (tertiary alicyclic amines) is 1. The van der Waals surface area contributed by atoms with Gasteiger partial charge in [0.2, 0.25) is 0 Å². The molecule has 1 fully saturated rings. The number of nitrogens with one attached hydrogen (secondary N) is 1. The highest BCUT2D eigenvalue weighted by Crippen LogP contribution is 2.18. The number of para-hydroxylation sites is 1. The van der Waals surface area contributed by atoms with Crippen LogP contribution in [0.2, 0.25) is 0 Å². The van der Waals surface area contributed by atoms with E-state index in [2.05, 4.69) is 16.3 Å². The predicted octanol–water partition coefficient (Wildman–Crippen LogP) is 1.98. The van der Waals surface area contributed by atoms with E-state index in [9.17, 15) is 5.11 Å². The van der Waals surface area contributed by atoms with Crippen LogP contribution in [0.3, 0.4) is 0 Å². The zero-order valence-corrected chi connectivity index (χ0v) is 11.7. The van der Waals surface area contributed by atoms with Gasteiger partial charge in [-0.15, -0.1) is 0 Å². The van der Waals surface area contributed by atoms with Gasteiger partial charge in [0, 0.05) is 18.5 Å². The van der Waals surface area contributed by atoms with Gasteiger partial charge in [0.25, 0.3) is 0 Å². The van der Waals surface area contributed by atoms with Gasteiger partial charge in [-0.3, -0.25) is 0 Å². The Hall–Kier alpha value is -1.36. The van der Waals surface area contributed by atoms with E-state index < -0.39 is 0 Å². The third kappa shape index (κ3) is 3.39. The summed E-state index contributed by atoms with van der Waals surface area (Å²) >= 11 is 0. The number of β-amino-alcohol motifs (C(OH)–C–C–N with tert-alkyl or cyclic N) is 1. The number of aliphatic hydroxyl groups is 1. The molecule has 0 bridgehead atoms. The van der Waals surface area contributed by atoms with Crippen LogP contribution < -0.4 is 5.32 Å². The third-order valence-corrected chi connectivity index (χ3v) is 3.82. The first kappa shape index (κ1) is 13.6. The number of fused-ring (bicyclic) bond motifs is 1. The Morgan fingerprint density at radius 1 is 1.25 bits per heavy atom. The zero-order chi connectivity index (χ0) is 13.8. The molecule has 0 spiro atoms. The van der Waals surface area contributed by atoms with Crippen LogP contribution in [-0.2, 0) is 6.54 Å². The first-order chi connectivity index (χ1) is 9.81. The minimum atomic E-state index is -0.308. The van der Waals surface area contributed by atoms with Crippen molar-refractivity contribution in [3.63, 3.8) is 0 Å². The predicted molar refractivity (Wildman–Crippen MR) is 79.6 cm³/mol. The van der Waals surface area contributed by atoms with Crippen LogP contribution in [-0.4, -0.2) is 42.3 Å². The molecule has 4 heteroatoms. The number of hydrogen-bond acceptors (Lipinski definition) is 4. The van der Waals surface area contributed by atoms with Crippen molar-refractivity contribution in [3.05, 3.63) is 36.1 Å². The van der Waals surface area contributed by atoms with Crippen molar-refractivity contribution >= 4 is 11.0 Å². The summed E-state index contributed by atoms with van der Waals surface area (Å²) in [5.41, 5.74) is 0.918. The molecule has 20 heavy (non-hydrogen) atoms. The molecule has 108 valence electrons. The lowest BCUT2D eigenvalue weighted by Crippen LogP contribution is -2.36.